The molecule has 24 heavy (non-hydrogen) atoms. The van der Waals surface area contributed by atoms with E-state index in [1.807, 2.05) is 6.92 Å². The Morgan fingerprint density at radius 2 is 1.88 bits per heavy atom. The number of rotatable bonds is 4. The third-order valence-corrected chi connectivity index (χ3v) is 6.07. The van der Waals surface area contributed by atoms with E-state index in [0.717, 1.165) is 47.8 Å². The van der Waals surface area contributed by atoms with Crippen LogP contribution in [0.15, 0.2) is 16.4 Å². The third kappa shape index (κ3) is 3.77. The highest BCUT2D eigenvalue weighted by atomic mass is 32.1. The van der Waals surface area contributed by atoms with E-state index in [-0.39, 0.29) is 5.56 Å². The lowest BCUT2D eigenvalue weighted by atomic mass is 10.2. The fourth-order valence-electron chi connectivity index (χ4n) is 3.31. The molecule has 5 nitrogen and oxygen atoms in total. The molecule has 2 aromatic heterocycles. The number of allylic oxidation sites excluding steroid dienone is 1. The van der Waals surface area contributed by atoms with Gasteiger partial charge in [0.15, 0.2) is 5.82 Å². The van der Waals surface area contributed by atoms with Crippen LogP contribution >= 0.6 is 11.3 Å². The average Bonchev–Trinajstić information content (AvgIpc) is 2.81. The van der Waals surface area contributed by atoms with Crippen molar-refractivity contribution in [3.8, 4) is 0 Å². The monoisotopic (exact) mass is 348 g/mol. The number of nitrogens with zero attached hydrogens (tertiary/aromatic N) is 1. The SMILES string of the molecule is CC(C)=CC[NH+]1CC[NH+](Cc2nc3sc(C)c(C)c3c(=O)[nH]2)CC1. The summed E-state index contributed by atoms with van der Waals surface area (Å²) < 4.78 is 0. The molecule has 3 N–H and O–H groups in total. The molecule has 0 spiro atoms. The van der Waals surface area contributed by atoms with E-state index in [2.05, 4.69) is 31.8 Å². The number of quaternary nitrogens is 2. The Morgan fingerprint density at radius 3 is 2.54 bits per heavy atom. The summed E-state index contributed by atoms with van der Waals surface area (Å²) in [6.07, 6.45) is 2.33. The minimum absolute atomic E-state index is 0.0177. The summed E-state index contributed by atoms with van der Waals surface area (Å²) in [7, 11) is 0. The van der Waals surface area contributed by atoms with Gasteiger partial charge < -0.3 is 14.8 Å². The molecule has 0 aromatic carbocycles. The molecule has 0 amide bonds. The lowest BCUT2D eigenvalue weighted by molar-refractivity contribution is -1.02. The Kier molecular flexibility index (Phi) is 5.18. The molecular weight excluding hydrogens is 320 g/mol. The fraction of sp³-hybridized carbons (Fsp3) is 0.556. The Hall–Kier alpha value is -1.50. The predicted octanol–water partition coefficient (Wildman–Crippen LogP) is -0.149. The number of H-pyrrole nitrogens is 1. The zero-order valence-corrected chi connectivity index (χ0v) is 15.9. The quantitative estimate of drug-likeness (QED) is 0.673. The predicted molar refractivity (Wildman–Crippen MR) is 99.1 cm³/mol. The molecule has 130 valence electrons. The number of aryl methyl sites for hydroxylation is 2. The maximum Gasteiger partial charge on any atom is 0.260 e. The molecular formula is C18H28N4OS+2. The number of aromatic amines is 1. The Bertz CT molecular complexity index is 808. The largest absolute Gasteiger partial charge is 0.322 e. The van der Waals surface area contributed by atoms with Crippen molar-refractivity contribution >= 4 is 21.6 Å². The van der Waals surface area contributed by atoms with Gasteiger partial charge in [-0.25, -0.2) is 4.98 Å². The first-order valence-electron chi connectivity index (χ1n) is 8.73. The first kappa shape index (κ1) is 17.3. The van der Waals surface area contributed by atoms with Gasteiger partial charge in [-0.2, -0.15) is 0 Å². The van der Waals surface area contributed by atoms with Crippen molar-refractivity contribution in [1.82, 2.24) is 9.97 Å². The summed E-state index contributed by atoms with van der Waals surface area (Å²) in [5.41, 5.74) is 2.48. The topological polar surface area (TPSA) is 54.6 Å². The van der Waals surface area contributed by atoms with Crippen LogP contribution in [0.5, 0.6) is 0 Å². The molecule has 1 fully saturated rings. The van der Waals surface area contributed by atoms with Crippen molar-refractivity contribution in [3.63, 3.8) is 0 Å². The molecule has 1 aliphatic heterocycles. The van der Waals surface area contributed by atoms with Crippen molar-refractivity contribution in [1.29, 1.82) is 0 Å². The molecule has 2 aromatic rings. The van der Waals surface area contributed by atoms with E-state index in [4.69, 9.17) is 4.98 Å². The summed E-state index contributed by atoms with van der Waals surface area (Å²) in [4.78, 5) is 25.3. The van der Waals surface area contributed by atoms with Crippen LogP contribution in [0.3, 0.4) is 0 Å². The van der Waals surface area contributed by atoms with E-state index in [1.165, 1.54) is 28.4 Å². The second kappa shape index (κ2) is 7.17. The molecule has 1 aliphatic rings. The second-order valence-electron chi connectivity index (χ2n) is 7.14. The van der Waals surface area contributed by atoms with E-state index in [9.17, 15) is 4.79 Å². The zero-order valence-electron chi connectivity index (χ0n) is 15.1. The Morgan fingerprint density at radius 1 is 1.21 bits per heavy atom. The van der Waals surface area contributed by atoms with E-state index in [1.54, 1.807) is 16.2 Å². The van der Waals surface area contributed by atoms with Crippen LogP contribution in [-0.4, -0.2) is 42.7 Å². The third-order valence-electron chi connectivity index (χ3n) is 4.97. The molecule has 0 unspecified atom stereocenters. The molecule has 0 saturated carbocycles. The van der Waals surface area contributed by atoms with Gasteiger partial charge in [0, 0.05) is 4.88 Å². The zero-order chi connectivity index (χ0) is 17.3. The van der Waals surface area contributed by atoms with Crippen LogP contribution in [0.25, 0.3) is 10.2 Å². The standard InChI is InChI=1S/C18H26N4OS/c1-12(2)5-6-21-7-9-22(10-8-21)11-15-19-17(23)16-13(3)14(4)24-18(16)20-15/h5H,6-11H2,1-4H3,(H,19,20,23)/p+2. The summed E-state index contributed by atoms with van der Waals surface area (Å²) >= 11 is 1.63. The van der Waals surface area contributed by atoms with Crippen LogP contribution in [0.1, 0.15) is 30.1 Å². The van der Waals surface area contributed by atoms with Gasteiger partial charge in [0.05, 0.1) is 11.9 Å². The summed E-state index contributed by atoms with van der Waals surface area (Å²) in [5.74, 6) is 0.830. The molecule has 0 radical (unpaired) electrons. The van der Waals surface area contributed by atoms with Crippen LogP contribution in [0, 0.1) is 13.8 Å². The highest BCUT2D eigenvalue weighted by molar-refractivity contribution is 7.18. The Balaban J connectivity index is 1.66. The number of fused-ring (bicyclic) bond motifs is 1. The van der Waals surface area contributed by atoms with Crippen molar-refractivity contribution in [3.05, 3.63) is 38.3 Å². The second-order valence-corrected chi connectivity index (χ2v) is 8.34. The lowest BCUT2D eigenvalue weighted by Crippen LogP contribution is -3.27. The van der Waals surface area contributed by atoms with Gasteiger partial charge in [-0.05, 0) is 39.3 Å². The van der Waals surface area contributed by atoms with Gasteiger partial charge in [-0.1, -0.05) is 5.57 Å². The average molecular weight is 349 g/mol. The Labute approximate surface area is 147 Å². The van der Waals surface area contributed by atoms with E-state index < -0.39 is 0 Å². The smallest absolute Gasteiger partial charge is 0.260 e. The fourth-order valence-corrected chi connectivity index (χ4v) is 4.36. The van der Waals surface area contributed by atoms with Crippen molar-refractivity contribution in [2.24, 2.45) is 0 Å². The number of nitrogens with one attached hydrogen (secondary N) is 3. The molecule has 3 heterocycles. The summed E-state index contributed by atoms with van der Waals surface area (Å²) in [5, 5.41) is 0.771. The normalized spacial score (nSPS) is 21.2. The number of hydrogen-bond acceptors (Lipinski definition) is 3. The van der Waals surface area contributed by atoms with Crippen molar-refractivity contribution in [2.45, 2.75) is 34.2 Å². The van der Waals surface area contributed by atoms with Crippen LogP contribution in [-0.2, 0) is 6.54 Å². The molecule has 6 heteroatoms. The minimum atomic E-state index is 0.0177. The lowest BCUT2D eigenvalue weighted by Gasteiger charge is -2.28. The summed E-state index contributed by atoms with van der Waals surface area (Å²) in [6.45, 7) is 15.0. The number of hydrogen-bond donors (Lipinski definition) is 3. The van der Waals surface area contributed by atoms with Gasteiger partial charge in [-0.3, -0.25) is 4.79 Å². The number of aromatic nitrogens is 2. The molecule has 0 atom stereocenters. The van der Waals surface area contributed by atoms with Crippen molar-refractivity contribution < 1.29 is 9.80 Å². The first-order valence-corrected chi connectivity index (χ1v) is 9.55. The van der Waals surface area contributed by atoms with Gasteiger partial charge in [0.1, 0.15) is 37.6 Å². The first-order chi connectivity index (χ1) is 11.4. The van der Waals surface area contributed by atoms with Crippen LogP contribution in [0.4, 0.5) is 0 Å². The van der Waals surface area contributed by atoms with Crippen molar-refractivity contribution in [2.75, 3.05) is 32.7 Å². The molecule has 0 bridgehead atoms. The van der Waals surface area contributed by atoms with E-state index in [0.29, 0.717) is 0 Å². The van der Waals surface area contributed by atoms with Crippen LogP contribution in [0.2, 0.25) is 0 Å². The molecule has 0 aliphatic carbocycles. The number of piperazine rings is 1. The van der Waals surface area contributed by atoms with Gasteiger partial charge in [0.25, 0.3) is 5.56 Å². The maximum absolute atomic E-state index is 12.4. The van der Waals surface area contributed by atoms with Crippen LogP contribution < -0.4 is 15.4 Å². The van der Waals surface area contributed by atoms with Gasteiger partial charge >= 0.3 is 0 Å². The summed E-state index contributed by atoms with van der Waals surface area (Å²) in [6, 6.07) is 0. The van der Waals surface area contributed by atoms with Gasteiger partial charge in [0.2, 0.25) is 0 Å². The molecule has 1 saturated heterocycles. The molecule has 3 rings (SSSR count). The van der Waals surface area contributed by atoms with E-state index >= 15 is 0 Å². The number of thiophene rings is 1. The van der Waals surface area contributed by atoms with Gasteiger partial charge in [-0.15, -0.1) is 11.3 Å². The maximum atomic E-state index is 12.4. The highest BCUT2D eigenvalue weighted by Gasteiger charge is 2.23. The highest BCUT2D eigenvalue weighted by Crippen LogP contribution is 2.25. The minimum Gasteiger partial charge on any atom is -0.322 e.